The van der Waals surface area contributed by atoms with Gasteiger partial charge in [0.2, 0.25) is 0 Å². The molecular formula is C13H13N5O. The van der Waals surface area contributed by atoms with Gasteiger partial charge in [-0.3, -0.25) is 0 Å². The van der Waals surface area contributed by atoms with Gasteiger partial charge in [0, 0.05) is 5.56 Å². The van der Waals surface area contributed by atoms with Gasteiger partial charge in [-0.15, -0.1) is 10.2 Å². The second-order valence-corrected chi connectivity index (χ2v) is 4.01. The lowest BCUT2D eigenvalue weighted by Crippen LogP contribution is -2.05. The highest BCUT2D eigenvalue weighted by molar-refractivity contribution is 5.67. The van der Waals surface area contributed by atoms with E-state index in [1.165, 1.54) is 0 Å². The van der Waals surface area contributed by atoms with Crippen LogP contribution < -0.4 is 10.5 Å². The van der Waals surface area contributed by atoms with E-state index in [9.17, 15) is 0 Å². The number of fused-ring (bicyclic) bond motifs is 1. The summed E-state index contributed by atoms with van der Waals surface area (Å²) in [6.07, 6.45) is 0. The molecule has 2 N–H and O–H groups in total. The van der Waals surface area contributed by atoms with Gasteiger partial charge in [0.15, 0.2) is 11.5 Å². The second kappa shape index (κ2) is 4.66. The Balaban J connectivity index is 2.19. The molecule has 0 amide bonds. The number of para-hydroxylation sites is 1. The van der Waals surface area contributed by atoms with Crippen LogP contribution in [0.5, 0.6) is 5.75 Å². The van der Waals surface area contributed by atoms with Crippen LogP contribution >= 0.6 is 0 Å². The number of methoxy groups -OCH3 is 1. The lowest BCUT2D eigenvalue weighted by atomic mass is 10.1. The third-order valence-electron chi connectivity index (χ3n) is 2.89. The van der Waals surface area contributed by atoms with Crippen LogP contribution in [0.1, 0.15) is 5.82 Å². The third-order valence-corrected chi connectivity index (χ3v) is 2.89. The average molecular weight is 255 g/mol. The second-order valence-electron chi connectivity index (χ2n) is 4.01. The summed E-state index contributed by atoms with van der Waals surface area (Å²) in [5.41, 5.74) is 8.01. The summed E-state index contributed by atoms with van der Waals surface area (Å²) in [7, 11) is 1.64. The summed E-state index contributed by atoms with van der Waals surface area (Å²) in [4.78, 5) is 0. The molecule has 0 saturated heterocycles. The van der Waals surface area contributed by atoms with E-state index in [-0.39, 0.29) is 0 Å². The van der Waals surface area contributed by atoms with E-state index in [1.807, 2.05) is 36.4 Å². The van der Waals surface area contributed by atoms with Crippen molar-refractivity contribution in [3.05, 3.63) is 42.2 Å². The first-order valence-corrected chi connectivity index (χ1v) is 5.88. The molecule has 0 spiro atoms. The zero-order valence-corrected chi connectivity index (χ0v) is 10.4. The van der Waals surface area contributed by atoms with Crippen molar-refractivity contribution < 1.29 is 4.74 Å². The molecule has 3 aromatic rings. The molecule has 3 rings (SSSR count). The van der Waals surface area contributed by atoms with Crippen LogP contribution in [0.15, 0.2) is 36.4 Å². The third kappa shape index (κ3) is 1.92. The van der Waals surface area contributed by atoms with Crippen molar-refractivity contribution in [3.63, 3.8) is 0 Å². The van der Waals surface area contributed by atoms with E-state index in [2.05, 4.69) is 15.3 Å². The van der Waals surface area contributed by atoms with E-state index >= 15 is 0 Å². The Morgan fingerprint density at radius 1 is 1.16 bits per heavy atom. The van der Waals surface area contributed by atoms with Crippen molar-refractivity contribution in [3.8, 4) is 17.0 Å². The van der Waals surface area contributed by atoms with Crippen LogP contribution in [0.2, 0.25) is 0 Å². The summed E-state index contributed by atoms with van der Waals surface area (Å²) in [5.74, 6) is 1.41. The molecule has 0 atom stereocenters. The van der Waals surface area contributed by atoms with Crippen molar-refractivity contribution in [1.29, 1.82) is 0 Å². The predicted octanol–water partition coefficient (Wildman–Crippen LogP) is 1.26. The van der Waals surface area contributed by atoms with Gasteiger partial charge in [-0.25, -0.2) is 0 Å². The molecule has 0 saturated carbocycles. The fourth-order valence-corrected chi connectivity index (χ4v) is 1.96. The van der Waals surface area contributed by atoms with Crippen molar-refractivity contribution in [2.75, 3.05) is 7.11 Å². The molecule has 0 radical (unpaired) electrons. The predicted molar refractivity (Wildman–Crippen MR) is 70.7 cm³/mol. The number of ether oxygens (including phenoxy) is 1. The van der Waals surface area contributed by atoms with E-state index < -0.39 is 0 Å². The molecule has 1 aromatic carbocycles. The molecule has 2 heterocycles. The van der Waals surface area contributed by atoms with Crippen LogP contribution in [-0.2, 0) is 6.54 Å². The number of hydrogen-bond acceptors (Lipinski definition) is 5. The number of benzene rings is 1. The molecule has 0 fully saturated rings. The Bertz CT molecular complexity index is 722. The van der Waals surface area contributed by atoms with Crippen LogP contribution in [0.3, 0.4) is 0 Å². The van der Waals surface area contributed by atoms with Gasteiger partial charge in [-0.05, 0) is 24.3 Å². The minimum absolute atomic E-state index is 0.295. The SMILES string of the molecule is COc1ccccc1-c1ccc2nnc(CN)n2n1. The van der Waals surface area contributed by atoms with Crippen molar-refractivity contribution in [2.24, 2.45) is 5.73 Å². The van der Waals surface area contributed by atoms with Gasteiger partial charge < -0.3 is 10.5 Å². The first-order valence-electron chi connectivity index (χ1n) is 5.88. The molecule has 96 valence electrons. The Morgan fingerprint density at radius 3 is 2.79 bits per heavy atom. The summed E-state index contributed by atoms with van der Waals surface area (Å²) >= 11 is 0. The van der Waals surface area contributed by atoms with Crippen LogP contribution in [0.4, 0.5) is 0 Å². The maximum atomic E-state index is 5.62. The molecule has 2 aromatic heterocycles. The van der Waals surface area contributed by atoms with E-state index in [1.54, 1.807) is 11.6 Å². The molecule has 0 aliphatic heterocycles. The van der Waals surface area contributed by atoms with Crippen LogP contribution in [0.25, 0.3) is 16.9 Å². The summed E-state index contributed by atoms with van der Waals surface area (Å²) < 4.78 is 7.00. The minimum atomic E-state index is 0.295. The van der Waals surface area contributed by atoms with Crippen molar-refractivity contribution in [1.82, 2.24) is 19.8 Å². The summed E-state index contributed by atoms with van der Waals surface area (Å²) in [5, 5.41) is 12.5. The molecule has 6 heteroatoms. The fourth-order valence-electron chi connectivity index (χ4n) is 1.96. The van der Waals surface area contributed by atoms with Gasteiger partial charge in [0.05, 0.1) is 19.3 Å². The summed E-state index contributed by atoms with van der Waals surface area (Å²) in [6, 6.07) is 11.5. The first kappa shape index (κ1) is 11.6. The molecule has 0 unspecified atom stereocenters. The van der Waals surface area contributed by atoms with Crippen LogP contribution in [-0.4, -0.2) is 26.9 Å². The van der Waals surface area contributed by atoms with Gasteiger partial charge in [-0.1, -0.05) is 12.1 Å². The Kier molecular flexibility index (Phi) is 2.85. The molecule has 19 heavy (non-hydrogen) atoms. The highest BCUT2D eigenvalue weighted by Crippen LogP contribution is 2.27. The zero-order chi connectivity index (χ0) is 13.2. The Morgan fingerprint density at radius 2 is 2.00 bits per heavy atom. The lowest BCUT2D eigenvalue weighted by Gasteiger charge is -2.07. The van der Waals surface area contributed by atoms with E-state index in [0.717, 1.165) is 17.0 Å². The topological polar surface area (TPSA) is 78.3 Å². The molecule has 0 aliphatic rings. The summed E-state index contributed by atoms with van der Waals surface area (Å²) in [6.45, 7) is 0.295. The number of nitrogens with zero attached hydrogens (tertiary/aromatic N) is 4. The number of hydrogen-bond donors (Lipinski definition) is 1. The van der Waals surface area contributed by atoms with Crippen molar-refractivity contribution in [2.45, 2.75) is 6.54 Å². The quantitative estimate of drug-likeness (QED) is 0.762. The molecular weight excluding hydrogens is 242 g/mol. The number of aromatic nitrogens is 4. The average Bonchev–Trinajstić information content (AvgIpc) is 2.89. The first-order chi connectivity index (χ1) is 9.33. The van der Waals surface area contributed by atoms with Gasteiger partial charge in [-0.2, -0.15) is 9.61 Å². The van der Waals surface area contributed by atoms with Gasteiger partial charge in [0.25, 0.3) is 0 Å². The van der Waals surface area contributed by atoms with Gasteiger partial charge in [0.1, 0.15) is 5.75 Å². The number of nitrogens with two attached hydrogens (primary N) is 1. The highest BCUT2D eigenvalue weighted by atomic mass is 16.5. The van der Waals surface area contributed by atoms with E-state index in [0.29, 0.717) is 18.0 Å². The standard InChI is InChI=1S/C13H13N5O/c1-19-11-5-3-2-4-9(11)10-6-7-12-15-16-13(8-14)18(12)17-10/h2-7H,8,14H2,1H3. The fraction of sp³-hybridized carbons (Fsp3) is 0.154. The molecule has 6 nitrogen and oxygen atoms in total. The normalized spacial score (nSPS) is 10.8. The van der Waals surface area contributed by atoms with Crippen LogP contribution in [0, 0.1) is 0 Å². The maximum Gasteiger partial charge on any atom is 0.177 e. The lowest BCUT2D eigenvalue weighted by molar-refractivity contribution is 0.416. The largest absolute Gasteiger partial charge is 0.496 e. The van der Waals surface area contributed by atoms with E-state index in [4.69, 9.17) is 10.5 Å². The smallest absolute Gasteiger partial charge is 0.177 e. The molecule has 0 bridgehead atoms. The Hall–Kier alpha value is -2.47. The number of rotatable bonds is 3. The minimum Gasteiger partial charge on any atom is -0.496 e. The molecule has 0 aliphatic carbocycles. The van der Waals surface area contributed by atoms with Gasteiger partial charge >= 0.3 is 0 Å². The maximum absolute atomic E-state index is 5.62. The van der Waals surface area contributed by atoms with Crippen molar-refractivity contribution >= 4 is 5.65 Å². The monoisotopic (exact) mass is 255 g/mol. The Labute approximate surface area is 109 Å². The highest BCUT2D eigenvalue weighted by Gasteiger charge is 2.10. The zero-order valence-electron chi connectivity index (χ0n) is 10.4.